The molecular formula is C13H18O2. The summed E-state index contributed by atoms with van der Waals surface area (Å²) in [5.41, 5.74) is 1.32. The van der Waals surface area contributed by atoms with Gasteiger partial charge in [-0.2, -0.15) is 0 Å². The highest BCUT2D eigenvalue weighted by Crippen LogP contribution is 2.12. The van der Waals surface area contributed by atoms with Crippen molar-refractivity contribution in [3.05, 3.63) is 29.8 Å². The molecule has 0 aliphatic rings. The summed E-state index contributed by atoms with van der Waals surface area (Å²) in [6, 6.07) is 8.17. The second kappa shape index (κ2) is 7.04. The van der Waals surface area contributed by atoms with Crippen LogP contribution in [0, 0.1) is 0 Å². The van der Waals surface area contributed by atoms with Crippen molar-refractivity contribution < 1.29 is 9.53 Å². The number of unbranched alkanes of at least 4 members (excludes halogenated alkanes) is 2. The number of carbonyl (C=O) groups excluding carboxylic acids is 1. The van der Waals surface area contributed by atoms with Crippen molar-refractivity contribution in [2.75, 3.05) is 6.61 Å². The highest BCUT2D eigenvalue weighted by atomic mass is 16.5. The van der Waals surface area contributed by atoms with Crippen molar-refractivity contribution in [2.45, 2.75) is 32.6 Å². The van der Waals surface area contributed by atoms with Crippen molar-refractivity contribution in [3.8, 4) is 5.75 Å². The third-order valence-corrected chi connectivity index (χ3v) is 2.32. The Kier molecular flexibility index (Phi) is 5.52. The molecule has 0 radical (unpaired) electrons. The van der Waals surface area contributed by atoms with Crippen LogP contribution in [0.4, 0.5) is 0 Å². The summed E-state index contributed by atoms with van der Waals surface area (Å²) < 4.78 is 5.54. The molecule has 0 spiro atoms. The lowest BCUT2D eigenvalue weighted by Crippen LogP contribution is -1.97. The molecule has 0 saturated heterocycles. The number of rotatable bonds is 7. The smallest absolute Gasteiger partial charge is 0.119 e. The lowest BCUT2D eigenvalue weighted by Gasteiger charge is -2.05. The van der Waals surface area contributed by atoms with E-state index in [1.807, 2.05) is 12.1 Å². The third-order valence-electron chi connectivity index (χ3n) is 2.32. The fourth-order valence-corrected chi connectivity index (χ4v) is 1.34. The Morgan fingerprint density at radius 1 is 1.20 bits per heavy atom. The van der Waals surface area contributed by atoms with E-state index >= 15 is 0 Å². The first-order valence-electron chi connectivity index (χ1n) is 5.52. The zero-order chi connectivity index (χ0) is 10.9. The Hall–Kier alpha value is -1.31. The Labute approximate surface area is 91.3 Å². The molecule has 0 saturated carbocycles. The standard InChI is InChI=1S/C13H18O2/c1-2-12-6-8-13(9-7-12)15-11-5-3-4-10-14/h6-10H,2-5,11H2,1H3. The number of benzene rings is 1. The van der Waals surface area contributed by atoms with Gasteiger partial charge in [-0.05, 0) is 37.0 Å². The topological polar surface area (TPSA) is 26.3 Å². The fraction of sp³-hybridized carbons (Fsp3) is 0.462. The minimum Gasteiger partial charge on any atom is -0.494 e. The Bertz CT molecular complexity index is 277. The number of hydrogen-bond acceptors (Lipinski definition) is 2. The van der Waals surface area contributed by atoms with Gasteiger partial charge in [0.05, 0.1) is 6.61 Å². The first-order valence-corrected chi connectivity index (χ1v) is 5.52. The van der Waals surface area contributed by atoms with E-state index < -0.39 is 0 Å². The van der Waals surface area contributed by atoms with Gasteiger partial charge in [0.25, 0.3) is 0 Å². The van der Waals surface area contributed by atoms with E-state index in [2.05, 4.69) is 19.1 Å². The van der Waals surface area contributed by atoms with Gasteiger partial charge in [0.2, 0.25) is 0 Å². The van der Waals surface area contributed by atoms with Gasteiger partial charge in [-0.25, -0.2) is 0 Å². The number of aldehydes is 1. The molecule has 0 aromatic heterocycles. The minimum absolute atomic E-state index is 0.637. The van der Waals surface area contributed by atoms with Crippen LogP contribution in [0.1, 0.15) is 31.7 Å². The van der Waals surface area contributed by atoms with Crippen LogP contribution in [0.3, 0.4) is 0 Å². The Morgan fingerprint density at radius 2 is 1.93 bits per heavy atom. The first kappa shape index (κ1) is 11.8. The normalized spacial score (nSPS) is 9.93. The summed E-state index contributed by atoms with van der Waals surface area (Å²) in [4.78, 5) is 10.1. The molecule has 2 nitrogen and oxygen atoms in total. The Balaban J connectivity index is 2.22. The van der Waals surface area contributed by atoms with Crippen molar-refractivity contribution in [1.82, 2.24) is 0 Å². The van der Waals surface area contributed by atoms with E-state index in [9.17, 15) is 4.79 Å². The zero-order valence-corrected chi connectivity index (χ0v) is 9.24. The maximum absolute atomic E-state index is 10.1. The second-order valence-electron chi connectivity index (χ2n) is 3.51. The van der Waals surface area contributed by atoms with Crippen molar-refractivity contribution in [1.29, 1.82) is 0 Å². The van der Waals surface area contributed by atoms with Gasteiger partial charge < -0.3 is 9.53 Å². The molecule has 1 aromatic carbocycles. The maximum atomic E-state index is 10.1. The number of aryl methyl sites for hydroxylation is 1. The average Bonchev–Trinajstić information content (AvgIpc) is 2.30. The molecule has 0 unspecified atom stereocenters. The van der Waals surface area contributed by atoms with Crippen LogP contribution in [-0.2, 0) is 11.2 Å². The van der Waals surface area contributed by atoms with E-state index in [1.54, 1.807) is 0 Å². The number of carbonyl (C=O) groups is 1. The zero-order valence-electron chi connectivity index (χ0n) is 9.24. The molecule has 0 amide bonds. The first-order chi connectivity index (χ1) is 7.36. The maximum Gasteiger partial charge on any atom is 0.119 e. The van der Waals surface area contributed by atoms with E-state index in [0.29, 0.717) is 13.0 Å². The highest BCUT2D eigenvalue weighted by Gasteiger charge is 1.94. The lowest BCUT2D eigenvalue weighted by molar-refractivity contribution is -0.107. The van der Waals surface area contributed by atoms with E-state index in [4.69, 9.17) is 4.74 Å². The monoisotopic (exact) mass is 206 g/mol. The van der Waals surface area contributed by atoms with Crippen LogP contribution in [0.15, 0.2) is 24.3 Å². The van der Waals surface area contributed by atoms with Gasteiger partial charge in [0, 0.05) is 6.42 Å². The van der Waals surface area contributed by atoms with Crippen molar-refractivity contribution in [2.24, 2.45) is 0 Å². The van der Waals surface area contributed by atoms with Gasteiger partial charge in [-0.1, -0.05) is 19.1 Å². The summed E-state index contributed by atoms with van der Waals surface area (Å²) in [6.07, 6.45) is 4.50. The summed E-state index contributed by atoms with van der Waals surface area (Å²) in [5, 5.41) is 0. The molecule has 82 valence electrons. The summed E-state index contributed by atoms with van der Waals surface area (Å²) in [7, 11) is 0. The average molecular weight is 206 g/mol. The lowest BCUT2D eigenvalue weighted by atomic mass is 10.2. The predicted molar refractivity (Wildman–Crippen MR) is 61.2 cm³/mol. The van der Waals surface area contributed by atoms with Crippen LogP contribution >= 0.6 is 0 Å². The molecule has 1 rings (SSSR count). The number of hydrogen-bond donors (Lipinski definition) is 0. The van der Waals surface area contributed by atoms with Gasteiger partial charge in [0.1, 0.15) is 12.0 Å². The molecular weight excluding hydrogens is 188 g/mol. The van der Waals surface area contributed by atoms with Crippen LogP contribution < -0.4 is 4.74 Å². The molecule has 0 bridgehead atoms. The fourth-order valence-electron chi connectivity index (χ4n) is 1.34. The Morgan fingerprint density at radius 3 is 2.53 bits per heavy atom. The summed E-state index contributed by atoms with van der Waals surface area (Å²) >= 11 is 0. The van der Waals surface area contributed by atoms with Gasteiger partial charge >= 0.3 is 0 Å². The second-order valence-corrected chi connectivity index (χ2v) is 3.51. The van der Waals surface area contributed by atoms with E-state index in [0.717, 1.165) is 31.3 Å². The van der Waals surface area contributed by atoms with Crippen LogP contribution in [0.2, 0.25) is 0 Å². The van der Waals surface area contributed by atoms with Crippen LogP contribution in [0.5, 0.6) is 5.75 Å². The van der Waals surface area contributed by atoms with Gasteiger partial charge in [-0.3, -0.25) is 0 Å². The molecule has 0 fully saturated rings. The van der Waals surface area contributed by atoms with Gasteiger partial charge in [-0.15, -0.1) is 0 Å². The van der Waals surface area contributed by atoms with Crippen LogP contribution in [-0.4, -0.2) is 12.9 Å². The van der Waals surface area contributed by atoms with E-state index in [1.165, 1.54) is 5.56 Å². The summed E-state index contributed by atoms with van der Waals surface area (Å²) in [5.74, 6) is 0.915. The molecule has 0 heterocycles. The quantitative estimate of drug-likeness (QED) is 0.506. The SMILES string of the molecule is CCc1ccc(OCCCCC=O)cc1. The van der Waals surface area contributed by atoms with Gasteiger partial charge in [0.15, 0.2) is 0 Å². The molecule has 0 aliphatic carbocycles. The molecule has 0 aliphatic heterocycles. The largest absolute Gasteiger partial charge is 0.494 e. The molecule has 15 heavy (non-hydrogen) atoms. The number of ether oxygens (including phenoxy) is 1. The minimum atomic E-state index is 0.637. The molecule has 0 N–H and O–H groups in total. The third kappa shape index (κ3) is 4.63. The molecule has 2 heteroatoms. The van der Waals surface area contributed by atoms with Crippen LogP contribution in [0.25, 0.3) is 0 Å². The van der Waals surface area contributed by atoms with Crippen molar-refractivity contribution >= 4 is 6.29 Å². The molecule has 1 aromatic rings. The summed E-state index contributed by atoms with van der Waals surface area (Å²) in [6.45, 7) is 2.83. The predicted octanol–water partition coefficient (Wildman–Crippen LogP) is 3.00. The van der Waals surface area contributed by atoms with E-state index in [-0.39, 0.29) is 0 Å². The molecule has 0 atom stereocenters. The van der Waals surface area contributed by atoms with Crippen molar-refractivity contribution in [3.63, 3.8) is 0 Å². The highest BCUT2D eigenvalue weighted by molar-refractivity contribution is 5.48.